The predicted octanol–water partition coefficient (Wildman–Crippen LogP) is 2.23. The molecule has 3 nitrogen and oxygen atoms in total. The van der Waals surface area contributed by atoms with Gasteiger partial charge in [-0.2, -0.15) is 0 Å². The minimum absolute atomic E-state index is 0.237. The molecule has 2 saturated carbocycles. The highest BCUT2D eigenvalue weighted by Crippen LogP contribution is 2.64. The Kier molecular flexibility index (Phi) is 1.97. The smallest absolute Gasteiger partial charge is 0.317 e. The summed E-state index contributed by atoms with van der Waals surface area (Å²) in [6.07, 6.45) is 4.41. The molecule has 1 aromatic carbocycles. The fraction of sp³-hybridized carbons (Fsp3) is 0.533. The van der Waals surface area contributed by atoms with E-state index >= 15 is 0 Å². The van der Waals surface area contributed by atoms with E-state index in [1.807, 2.05) is 18.2 Å². The summed E-state index contributed by atoms with van der Waals surface area (Å²) in [5, 5.41) is 11.0. The van der Waals surface area contributed by atoms with Crippen molar-refractivity contribution in [2.45, 2.75) is 31.3 Å². The van der Waals surface area contributed by atoms with Crippen LogP contribution in [0, 0.1) is 17.8 Å². The molecule has 94 valence electrons. The van der Waals surface area contributed by atoms with E-state index < -0.39 is 5.60 Å². The second-order valence-corrected chi connectivity index (χ2v) is 5.78. The van der Waals surface area contributed by atoms with Gasteiger partial charge in [-0.05, 0) is 30.7 Å². The molecular weight excluding hydrogens is 228 g/mol. The van der Waals surface area contributed by atoms with Crippen LogP contribution in [0.3, 0.4) is 0 Å². The van der Waals surface area contributed by atoms with Crippen LogP contribution in [0.25, 0.3) is 0 Å². The van der Waals surface area contributed by atoms with Gasteiger partial charge >= 0.3 is 5.97 Å². The fourth-order valence-electron chi connectivity index (χ4n) is 4.32. The Morgan fingerprint density at radius 1 is 1.22 bits per heavy atom. The highest BCUT2D eigenvalue weighted by molar-refractivity contribution is 5.82. The topological polar surface area (TPSA) is 46.5 Å². The maximum absolute atomic E-state index is 12.1. The minimum Gasteiger partial charge on any atom is -0.426 e. The third kappa shape index (κ3) is 1.06. The van der Waals surface area contributed by atoms with Crippen molar-refractivity contribution in [3.05, 3.63) is 29.8 Å². The maximum Gasteiger partial charge on any atom is 0.317 e. The lowest BCUT2D eigenvalue weighted by molar-refractivity contribution is -0.234. The summed E-state index contributed by atoms with van der Waals surface area (Å²) in [5.74, 6) is 0.539. The summed E-state index contributed by atoms with van der Waals surface area (Å²) in [7, 11) is 0. The Balaban J connectivity index is 1.86. The minimum atomic E-state index is -0.961. The predicted molar refractivity (Wildman–Crippen MR) is 64.9 cm³/mol. The van der Waals surface area contributed by atoms with Gasteiger partial charge in [0.15, 0.2) is 0 Å². The van der Waals surface area contributed by atoms with Gasteiger partial charge < -0.3 is 9.84 Å². The van der Waals surface area contributed by atoms with Gasteiger partial charge in [-0.15, -0.1) is 0 Å². The van der Waals surface area contributed by atoms with Crippen LogP contribution in [0.1, 0.15) is 31.2 Å². The lowest BCUT2D eigenvalue weighted by Crippen LogP contribution is -2.66. The van der Waals surface area contributed by atoms with E-state index in [9.17, 15) is 9.90 Å². The van der Waals surface area contributed by atoms with E-state index in [2.05, 4.69) is 0 Å². The normalized spacial score (nSPS) is 40.9. The molecule has 0 saturated heterocycles. The molecular formula is C15H16O3. The number of ether oxygens (including phenoxy) is 1. The van der Waals surface area contributed by atoms with Gasteiger partial charge in [0, 0.05) is 5.56 Å². The van der Waals surface area contributed by atoms with Gasteiger partial charge in [0.1, 0.15) is 11.4 Å². The monoisotopic (exact) mass is 244 g/mol. The quantitative estimate of drug-likeness (QED) is 0.562. The number of aliphatic hydroxyl groups is 1. The second-order valence-electron chi connectivity index (χ2n) is 5.78. The third-order valence-electron chi connectivity index (χ3n) is 5.07. The van der Waals surface area contributed by atoms with Crippen LogP contribution < -0.4 is 4.74 Å². The van der Waals surface area contributed by atoms with Gasteiger partial charge in [-0.1, -0.05) is 31.0 Å². The molecule has 0 spiro atoms. The summed E-state index contributed by atoms with van der Waals surface area (Å²) < 4.78 is 5.38. The van der Waals surface area contributed by atoms with Crippen molar-refractivity contribution < 1.29 is 14.6 Å². The molecule has 4 atom stereocenters. The van der Waals surface area contributed by atoms with Crippen molar-refractivity contribution in [2.24, 2.45) is 17.8 Å². The first-order chi connectivity index (χ1) is 8.73. The van der Waals surface area contributed by atoms with E-state index in [4.69, 9.17) is 4.74 Å². The zero-order chi connectivity index (χ0) is 12.3. The third-order valence-corrected chi connectivity index (χ3v) is 5.07. The van der Waals surface area contributed by atoms with Crippen molar-refractivity contribution >= 4 is 5.97 Å². The molecule has 0 bridgehead atoms. The van der Waals surface area contributed by atoms with Gasteiger partial charge in [0.2, 0.25) is 0 Å². The molecule has 0 amide bonds. The summed E-state index contributed by atoms with van der Waals surface area (Å²) in [4.78, 5) is 12.1. The van der Waals surface area contributed by atoms with E-state index in [-0.39, 0.29) is 17.8 Å². The largest absolute Gasteiger partial charge is 0.426 e. The number of fused-ring (bicyclic) bond motifs is 6. The van der Waals surface area contributed by atoms with E-state index in [1.54, 1.807) is 6.07 Å². The molecule has 4 rings (SSSR count). The second kappa shape index (κ2) is 3.35. The van der Waals surface area contributed by atoms with Crippen molar-refractivity contribution in [3.8, 4) is 5.75 Å². The Morgan fingerprint density at radius 2 is 2.00 bits per heavy atom. The molecule has 18 heavy (non-hydrogen) atoms. The Hall–Kier alpha value is -1.35. The average Bonchev–Trinajstić information content (AvgIpc) is 2.37. The van der Waals surface area contributed by atoms with Gasteiger partial charge in [0.25, 0.3) is 0 Å². The SMILES string of the molecule is O=C1Oc2ccccc2[C@@]2(O)[C@@H]3CCCC[C@@H]3[C@H]12. The van der Waals surface area contributed by atoms with Crippen LogP contribution in [-0.2, 0) is 10.4 Å². The first-order valence-corrected chi connectivity index (χ1v) is 6.76. The van der Waals surface area contributed by atoms with Gasteiger partial charge in [-0.3, -0.25) is 4.79 Å². The standard InChI is InChI=1S/C15H16O3/c16-14-13-9-5-1-2-6-10(9)15(13,17)11-7-3-4-8-12(11)18-14/h3-4,7-10,13,17H,1-2,5-6H2/t9-,10+,13+,15-/m0/s1. The van der Waals surface area contributed by atoms with Crippen LogP contribution >= 0.6 is 0 Å². The first-order valence-electron chi connectivity index (χ1n) is 6.76. The molecule has 1 N–H and O–H groups in total. The molecule has 0 radical (unpaired) electrons. The van der Waals surface area contributed by atoms with Crippen LogP contribution in [-0.4, -0.2) is 11.1 Å². The number of esters is 1. The fourth-order valence-corrected chi connectivity index (χ4v) is 4.32. The van der Waals surface area contributed by atoms with Crippen LogP contribution in [0.15, 0.2) is 24.3 Å². The molecule has 2 fully saturated rings. The van der Waals surface area contributed by atoms with Crippen LogP contribution in [0.5, 0.6) is 5.75 Å². The summed E-state index contributed by atoms with van der Waals surface area (Å²) in [5.41, 5.74) is -0.144. The molecule has 0 aromatic heterocycles. The van der Waals surface area contributed by atoms with Crippen molar-refractivity contribution in [1.29, 1.82) is 0 Å². The van der Waals surface area contributed by atoms with Crippen molar-refractivity contribution in [1.82, 2.24) is 0 Å². The zero-order valence-electron chi connectivity index (χ0n) is 10.1. The van der Waals surface area contributed by atoms with Gasteiger partial charge in [-0.25, -0.2) is 0 Å². The molecule has 3 heteroatoms. The molecule has 2 aliphatic carbocycles. The van der Waals surface area contributed by atoms with Crippen LogP contribution in [0.4, 0.5) is 0 Å². The molecule has 3 aliphatic rings. The average molecular weight is 244 g/mol. The molecule has 1 aliphatic heterocycles. The Labute approximate surface area is 106 Å². The summed E-state index contributed by atoms with van der Waals surface area (Å²) >= 11 is 0. The number of para-hydroxylation sites is 1. The lowest BCUT2D eigenvalue weighted by atomic mass is 9.46. The maximum atomic E-state index is 12.1. The number of benzene rings is 1. The lowest BCUT2D eigenvalue weighted by Gasteiger charge is -2.61. The molecule has 1 aromatic rings. The van der Waals surface area contributed by atoms with E-state index in [1.165, 1.54) is 6.42 Å². The molecule has 1 heterocycles. The first kappa shape index (κ1) is 10.6. The van der Waals surface area contributed by atoms with E-state index in [0.717, 1.165) is 24.8 Å². The van der Waals surface area contributed by atoms with Crippen LogP contribution in [0.2, 0.25) is 0 Å². The number of rotatable bonds is 0. The summed E-state index contributed by atoms with van der Waals surface area (Å²) in [6.45, 7) is 0. The zero-order valence-corrected chi connectivity index (χ0v) is 10.1. The van der Waals surface area contributed by atoms with Crippen molar-refractivity contribution in [2.75, 3.05) is 0 Å². The Morgan fingerprint density at radius 3 is 2.89 bits per heavy atom. The van der Waals surface area contributed by atoms with Gasteiger partial charge in [0.05, 0.1) is 5.92 Å². The number of carbonyl (C=O) groups is 1. The Bertz CT molecular complexity index is 524. The summed E-state index contributed by atoms with van der Waals surface area (Å²) in [6, 6.07) is 7.42. The number of carbonyl (C=O) groups excluding carboxylic acids is 1. The van der Waals surface area contributed by atoms with E-state index in [0.29, 0.717) is 11.7 Å². The highest BCUT2D eigenvalue weighted by Gasteiger charge is 2.68. The number of hydrogen-bond acceptors (Lipinski definition) is 3. The number of hydrogen-bond donors (Lipinski definition) is 1. The highest BCUT2D eigenvalue weighted by atomic mass is 16.5. The molecule has 0 unspecified atom stereocenters. The van der Waals surface area contributed by atoms with Crippen molar-refractivity contribution in [3.63, 3.8) is 0 Å².